The van der Waals surface area contributed by atoms with Gasteiger partial charge in [0.15, 0.2) is 0 Å². The maximum absolute atomic E-state index is 12.4. The van der Waals surface area contributed by atoms with Crippen LogP contribution in [0.1, 0.15) is 25.3 Å². The van der Waals surface area contributed by atoms with E-state index in [4.69, 9.17) is 9.47 Å². The van der Waals surface area contributed by atoms with Crippen molar-refractivity contribution < 1.29 is 14.3 Å². The van der Waals surface area contributed by atoms with Crippen LogP contribution >= 0.6 is 0 Å². The fourth-order valence-corrected chi connectivity index (χ4v) is 2.80. The van der Waals surface area contributed by atoms with Gasteiger partial charge in [0.2, 0.25) is 5.91 Å². The smallest absolute Gasteiger partial charge is 0.225 e. The van der Waals surface area contributed by atoms with Gasteiger partial charge in [-0.1, -0.05) is 0 Å². The van der Waals surface area contributed by atoms with Gasteiger partial charge in [0.05, 0.1) is 20.1 Å². The quantitative estimate of drug-likeness (QED) is 0.864. The molecule has 2 rings (SSSR count). The molecule has 0 spiro atoms. The third-order valence-corrected chi connectivity index (χ3v) is 3.82. The highest BCUT2D eigenvalue weighted by Gasteiger charge is 2.35. The lowest BCUT2D eigenvalue weighted by Crippen LogP contribution is -2.38. The molecule has 1 aliphatic rings. The minimum atomic E-state index is -0.0894. The molecule has 1 aliphatic heterocycles. The van der Waals surface area contributed by atoms with Crippen LogP contribution in [0.25, 0.3) is 0 Å². The average molecular weight is 292 g/mol. The fourth-order valence-electron chi connectivity index (χ4n) is 2.80. The zero-order valence-electron chi connectivity index (χ0n) is 13.1. The second-order valence-electron chi connectivity index (χ2n) is 5.64. The van der Waals surface area contributed by atoms with E-state index in [0.29, 0.717) is 6.54 Å². The van der Waals surface area contributed by atoms with Crippen LogP contribution in [-0.4, -0.2) is 39.3 Å². The highest BCUT2D eigenvalue weighted by molar-refractivity contribution is 5.81. The molecule has 116 valence electrons. The van der Waals surface area contributed by atoms with E-state index in [2.05, 4.69) is 10.6 Å². The Morgan fingerprint density at radius 1 is 1.29 bits per heavy atom. The van der Waals surface area contributed by atoms with Crippen LogP contribution in [0.5, 0.6) is 11.5 Å². The monoisotopic (exact) mass is 292 g/mol. The first-order valence-corrected chi connectivity index (χ1v) is 7.29. The van der Waals surface area contributed by atoms with Crippen molar-refractivity contribution in [2.24, 2.45) is 5.92 Å². The van der Waals surface area contributed by atoms with Crippen LogP contribution in [0.4, 0.5) is 0 Å². The van der Waals surface area contributed by atoms with E-state index in [0.717, 1.165) is 23.6 Å². The Labute approximate surface area is 126 Å². The number of benzene rings is 1. The van der Waals surface area contributed by atoms with E-state index in [1.54, 1.807) is 14.2 Å². The van der Waals surface area contributed by atoms with Crippen LogP contribution < -0.4 is 20.1 Å². The molecule has 1 aromatic carbocycles. The molecule has 5 nitrogen and oxygen atoms in total. The molecular formula is C16H24N2O3. The van der Waals surface area contributed by atoms with Crippen molar-refractivity contribution in [2.75, 3.05) is 27.3 Å². The Bertz CT molecular complexity index is 502. The summed E-state index contributed by atoms with van der Waals surface area (Å²) in [6.07, 6.45) is 0. The molecule has 2 unspecified atom stereocenters. The van der Waals surface area contributed by atoms with Crippen LogP contribution in [0.15, 0.2) is 18.2 Å². The molecule has 0 aliphatic carbocycles. The minimum absolute atomic E-state index is 0.0878. The van der Waals surface area contributed by atoms with Crippen molar-refractivity contribution >= 4 is 5.91 Å². The lowest BCUT2D eigenvalue weighted by molar-refractivity contribution is -0.125. The van der Waals surface area contributed by atoms with Crippen LogP contribution in [0.3, 0.4) is 0 Å². The van der Waals surface area contributed by atoms with E-state index < -0.39 is 0 Å². The zero-order valence-corrected chi connectivity index (χ0v) is 13.1. The fraction of sp³-hybridized carbons (Fsp3) is 0.562. The summed E-state index contributed by atoms with van der Waals surface area (Å²) in [4.78, 5) is 12.4. The van der Waals surface area contributed by atoms with E-state index >= 15 is 0 Å². The predicted molar refractivity (Wildman–Crippen MR) is 81.9 cm³/mol. The Morgan fingerprint density at radius 2 is 2.05 bits per heavy atom. The van der Waals surface area contributed by atoms with Gasteiger partial charge in [-0.2, -0.15) is 0 Å². The second-order valence-corrected chi connectivity index (χ2v) is 5.64. The molecule has 5 heteroatoms. The van der Waals surface area contributed by atoms with Gasteiger partial charge in [-0.15, -0.1) is 0 Å². The largest absolute Gasteiger partial charge is 0.497 e. The summed E-state index contributed by atoms with van der Waals surface area (Å²) in [6.45, 7) is 5.39. The lowest BCUT2D eigenvalue weighted by Gasteiger charge is -2.22. The van der Waals surface area contributed by atoms with Gasteiger partial charge in [0.25, 0.3) is 0 Å². The highest BCUT2D eigenvalue weighted by Crippen LogP contribution is 2.36. The van der Waals surface area contributed by atoms with Crippen molar-refractivity contribution in [1.82, 2.24) is 10.6 Å². The van der Waals surface area contributed by atoms with Crippen molar-refractivity contribution in [3.63, 3.8) is 0 Å². The van der Waals surface area contributed by atoms with E-state index in [-0.39, 0.29) is 23.8 Å². The maximum Gasteiger partial charge on any atom is 0.225 e. The molecule has 0 radical (unpaired) electrons. The molecular weight excluding hydrogens is 268 g/mol. The number of hydrogen-bond donors (Lipinski definition) is 2. The number of hydrogen-bond acceptors (Lipinski definition) is 4. The van der Waals surface area contributed by atoms with Crippen molar-refractivity contribution in [3.05, 3.63) is 23.8 Å². The molecule has 1 aromatic rings. The van der Waals surface area contributed by atoms with Crippen LogP contribution in [0, 0.1) is 5.92 Å². The minimum Gasteiger partial charge on any atom is -0.497 e. The number of carbonyl (C=O) groups is 1. The molecule has 1 amide bonds. The van der Waals surface area contributed by atoms with Crippen LogP contribution in [-0.2, 0) is 4.79 Å². The number of rotatable bonds is 5. The first kappa shape index (κ1) is 15.6. The molecule has 0 aromatic heterocycles. The molecule has 21 heavy (non-hydrogen) atoms. The van der Waals surface area contributed by atoms with Crippen molar-refractivity contribution in [3.8, 4) is 11.5 Å². The van der Waals surface area contributed by atoms with Gasteiger partial charge in [-0.05, 0) is 32.0 Å². The van der Waals surface area contributed by atoms with Gasteiger partial charge < -0.3 is 20.1 Å². The summed E-state index contributed by atoms with van der Waals surface area (Å²) in [5.74, 6) is 1.67. The number of nitrogens with one attached hydrogen (secondary N) is 2. The lowest BCUT2D eigenvalue weighted by atomic mass is 9.87. The van der Waals surface area contributed by atoms with E-state index in [1.165, 1.54) is 0 Å². The Morgan fingerprint density at radius 3 is 2.67 bits per heavy atom. The Balaban J connectivity index is 2.28. The third-order valence-electron chi connectivity index (χ3n) is 3.82. The molecule has 1 fully saturated rings. The molecule has 0 saturated carbocycles. The number of ether oxygens (including phenoxy) is 2. The Kier molecular flexibility index (Phi) is 5.07. The first-order valence-electron chi connectivity index (χ1n) is 7.29. The van der Waals surface area contributed by atoms with Crippen LogP contribution in [0.2, 0.25) is 0 Å². The molecule has 2 atom stereocenters. The summed E-state index contributed by atoms with van der Waals surface area (Å²) < 4.78 is 10.7. The van der Waals surface area contributed by atoms with Crippen molar-refractivity contribution in [1.29, 1.82) is 0 Å². The summed E-state index contributed by atoms with van der Waals surface area (Å²) in [5, 5.41) is 6.31. The third kappa shape index (κ3) is 3.47. The van der Waals surface area contributed by atoms with Gasteiger partial charge in [0.1, 0.15) is 11.5 Å². The van der Waals surface area contributed by atoms with Gasteiger partial charge >= 0.3 is 0 Å². The Hall–Kier alpha value is -1.75. The standard InChI is InChI=1S/C16H24N2O3/c1-10(2)18-16(19)14-9-17-8-13(14)12-7-11(20-3)5-6-15(12)21-4/h5-7,10,13-14,17H,8-9H2,1-4H3,(H,18,19). The predicted octanol–water partition coefficient (Wildman–Crippen LogP) is 1.53. The number of amides is 1. The van der Waals surface area contributed by atoms with Gasteiger partial charge in [-0.3, -0.25) is 4.79 Å². The van der Waals surface area contributed by atoms with E-state index in [9.17, 15) is 4.79 Å². The molecule has 2 N–H and O–H groups in total. The highest BCUT2D eigenvalue weighted by atomic mass is 16.5. The molecule has 1 heterocycles. The maximum atomic E-state index is 12.4. The van der Waals surface area contributed by atoms with Gasteiger partial charge in [-0.25, -0.2) is 0 Å². The number of methoxy groups -OCH3 is 2. The van der Waals surface area contributed by atoms with E-state index in [1.807, 2.05) is 32.0 Å². The van der Waals surface area contributed by atoms with Crippen molar-refractivity contribution in [2.45, 2.75) is 25.8 Å². The first-order chi connectivity index (χ1) is 10.1. The summed E-state index contributed by atoms with van der Waals surface area (Å²) in [7, 11) is 3.29. The summed E-state index contributed by atoms with van der Waals surface area (Å²) in [6, 6.07) is 5.87. The molecule has 0 bridgehead atoms. The summed E-state index contributed by atoms with van der Waals surface area (Å²) in [5.41, 5.74) is 1.02. The number of carbonyl (C=O) groups excluding carboxylic acids is 1. The molecule has 1 saturated heterocycles. The summed E-state index contributed by atoms with van der Waals surface area (Å²) >= 11 is 0. The second kappa shape index (κ2) is 6.80. The topological polar surface area (TPSA) is 59.6 Å². The SMILES string of the molecule is COc1ccc(OC)c(C2CNCC2C(=O)NC(C)C)c1. The zero-order chi connectivity index (χ0) is 15.4. The normalized spacial score (nSPS) is 21.4. The average Bonchev–Trinajstić information content (AvgIpc) is 2.95. The van der Waals surface area contributed by atoms with Gasteiger partial charge in [0, 0.05) is 30.6 Å².